The van der Waals surface area contributed by atoms with Crippen LogP contribution in [-0.4, -0.2) is 7.05 Å². The molecule has 1 aromatic heterocycles. The average Bonchev–Trinajstić information content (AvgIpc) is 2.67. The van der Waals surface area contributed by atoms with Crippen LogP contribution in [0.3, 0.4) is 0 Å². The zero-order chi connectivity index (χ0) is 11.7. The number of aryl methyl sites for hydroxylation is 1. The fraction of sp³-hybridized carbons (Fsp3) is 0.167. The molecule has 4 heteroatoms. The largest absolute Gasteiger partial charge is 0.397 e. The Morgan fingerprint density at radius 3 is 2.62 bits per heavy atom. The van der Waals surface area contributed by atoms with E-state index < -0.39 is 0 Å². The fourth-order valence-corrected chi connectivity index (χ4v) is 2.88. The number of anilines is 3. The molecule has 1 heterocycles. The second-order valence-electron chi connectivity index (χ2n) is 3.70. The fourth-order valence-electron chi connectivity index (χ4n) is 1.55. The van der Waals surface area contributed by atoms with E-state index in [1.807, 2.05) is 25.2 Å². The van der Waals surface area contributed by atoms with E-state index in [0.29, 0.717) is 0 Å². The first-order chi connectivity index (χ1) is 7.58. The lowest BCUT2D eigenvalue weighted by Gasteiger charge is -2.19. The maximum absolute atomic E-state index is 5.99. The van der Waals surface area contributed by atoms with Crippen molar-refractivity contribution in [2.45, 2.75) is 6.92 Å². The highest BCUT2D eigenvalue weighted by molar-refractivity contribution is 9.11. The molecule has 2 rings (SSSR count). The molecule has 16 heavy (non-hydrogen) atoms. The van der Waals surface area contributed by atoms with Crippen molar-refractivity contribution < 1.29 is 0 Å². The maximum Gasteiger partial charge on any atom is 0.0962 e. The van der Waals surface area contributed by atoms with Gasteiger partial charge in [-0.2, -0.15) is 0 Å². The second kappa shape index (κ2) is 4.47. The van der Waals surface area contributed by atoms with Crippen LogP contribution in [0.2, 0.25) is 0 Å². The van der Waals surface area contributed by atoms with Crippen LogP contribution in [0.25, 0.3) is 0 Å². The summed E-state index contributed by atoms with van der Waals surface area (Å²) < 4.78 is 1.13. The third-order valence-corrected chi connectivity index (χ3v) is 4.14. The van der Waals surface area contributed by atoms with E-state index in [1.54, 1.807) is 11.3 Å². The van der Waals surface area contributed by atoms with Crippen LogP contribution in [0.5, 0.6) is 0 Å². The van der Waals surface area contributed by atoms with Gasteiger partial charge in [0.2, 0.25) is 0 Å². The Kier molecular flexibility index (Phi) is 3.21. The molecule has 84 valence electrons. The predicted octanol–water partition coefficient (Wildman–Crippen LogP) is 4.17. The number of nitrogens with two attached hydrogens (primary N) is 1. The molecule has 2 nitrogen and oxygen atoms in total. The van der Waals surface area contributed by atoms with Gasteiger partial charge >= 0.3 is 0 Å². The molecule has 2 aromatic rings. The van der Waals surface area contributed by atoms with E-state index in [2.05, 4.69) is 39.9 Å². The summed E-state index contributed by atoms with van der Waals surface area (Å²) in [5.41, 5.74) is 9.05. The quantitative estimate of drug-likeness (QED) is 0.843. The summed E-state index contributed by atoms with van der Waals surface area (Å²) in [4.78, 5) is 2.11. The number of nitrogens with zero attached hydrogens (tertiary/aromatic N) is 1. The number of hydrogen-bond acceptors (Lipinski definition) is 3. The minimum absolute atomic E-state index is 0.803. The number of benzene rings is 1. The van der Waals surface area contributed by atoms with Crippen LogP contribution in [0.15, 0.2) is 34.1 Å². The molecule has 0 fully saturated rings. The lowest BCUT2D eigenvalue weighted by atomic mass is 10.2. The number of rotatable bonds is 2. The van der Waals surface area contributed by atoms with Gasteiger partial charge in [0.25, 0.3) is 0 Å². The van der Waals surface area contributed by atoms with Crippen molar-refractivity contribution in [3.63, 3.8) is 0 Å². The number of thiophene rings is 1. The lowest BCUT2D eigenvalue weighted by molar-refractivity contribution is 1.23. The summed E-state index contributed by atoms with van der Waals surface area (Å²) in [7, 11) is 2.03. The smallest absolute Gasteiger partial charge is 0.0962 e. The van der Waals surface area contributed by atoms with Gasteiger partial charge in [0.05, 0.1) is 20.2 Å². The molecule has 1 aromatic carbocycles. The van der Waals surface area contributed by atoms with Gasteiger partial charge in [0.15, 0.2) is 0 Å². The summed E-state index contributed by atoms with van der Waals surface area (Å²) in [6, 6.07) is 10.2. The van der Waals surface area contributed by atoms with Crippen molar-refractivity contribution >= 4 is 43.6 Å². The Bertz CT molecular complexity index is 507. The predicted molar refractivity (Wildman–Crippen MR) is 75.7 cm³/mol. The van der Waals surface area contributed by atoms with Gasteiger partial charge in [-0.25, -0.2) is 0 Å². The molecule has 0 atom stereocenters. The van der Waals surface area contributed by atoms with Crippen LogP contribution in [0, 0.1) is 6.92 Å². The highest BCUT2D eigenvalue weighted by atomic mass is 79.9. The summed E-state index contributed by atoms with van der Waals surface area (Å²) in [5, 5.41) is 1.17. The molecule has 0 radical (unpaired) electrons. The third kappa shape index (κ3) is 2.23. The van der Waals surface area contributed by atoms with Gasteiger partial charge in [-0.3, -0.25) is 0 Å². The molecule has 0 unspecified atom stereocenters. The van der Waals surface area contributed by atoms with E-state index in [1.165, 1.54) is 10.6 Å². The minimum Gasteiger partial charge on any atom is -0.397 e. The third-order valence-electron chi connectivity index (χ3n) is 2.44. The molecule has 2 N–H and O–H groups in total. The SMILES string of the molecule is Cc1ccc(N)c(N(C)c2ccc(Br)s2)c1. The van der Waals surface area contributed by atoms with Crippen molar-refractivity contribution in [1.82, 2.24) is 0 Å². The summed E-state index contributed by atoms with van der Waals surface area (Å²) in [6.45, 7) is 2.07. The van der Waals surface area contributed by atoms with Gasteiger partial charge in [0.1, 0.15) is 0 Å². The molecule has 0 saturated heterocycles. The van der Waals surface area contributed by atoms with E-state index >= 15 is 0 Å². The molecule has 0 aliphatic heterocycles. The molecular formula is C12H13BrN2S. The Morgan fingerprint density at radius 1 is 1.25 bits per heavy atom. The Morgan fingerprint density at radius 2 is 2.00 bits per heavy atom. The summed E-state index contributed by atoms with van der Waals surface area (Å²) >= 11 is 5.16. The Balaban J connectivity index is 2.40. The second-order valence-corrected chi connectivity index (χ2v) is 6.14. The summed E-state index contributed by atoms with van der Waals surface area (Å²) in [6.07, 6.45) is 0. The lowest BCUT2D eigenvalue weighted by Crippen LogP contribution is -2.10. The van der Waals surface area contributed by atoms with Gasteiger partial charge in [-0.15, -0.1) is 11.3 Å². The highest BCUT2D eigenvalue weighted by Crippen LogP contribution is 2.36. The number of hydrogen-bond donors (Lipinski definition) is 1. The maximum atomic E-state index is 5.99. The zero-order valence-corrected chi connectivity index (χ0v) is 11.6. The van der Waals surface area contributed by atoms with Crippen LogP contribution >= 0.6 is 27.3 Å². The number of nitrogen functional groups attached to an aromatic ring is 1. The molecule has 0 bridgehead atoms. The standard InChI is InChI=1S/C12H13BrN2S/c1-8-3-4-9(14)10(7-8)15(2)12-6-5-11(13)16-12/h3-7H,14H2,1-2H3. The van der Waals surface area contributed by atoms with Crippen molar-refractivity contribution in [2.24, 2.45) is 0 Å². The van der Waals surface area contributed by atoms with E-state index in [0.717, 1.165) is 15.2 Å². The molecular weight excluding hydrogens is 284 g/mol. The van der Waals surface area contributed by atoms with Crippen LogP contribution in [0.4, 0.5) is 16.4 Å². The van der Waals surface area contributed by atoms with Crippen LogP contribution in [0.1, 0.15) is 5.56 Å². The molecule has 0 saturated carbocycles. The van der Waals surface area contributed by atoms with Crippen molar-refractivity contribution in [3.05, 3.63) is 39.7 Å². The highest BCUT2D eigenvalue weighted by Gasteiger charge is 2.09. The van der Waals surface area contributed by atoms with E-state index in [-0.39, 0.29) is 0 Å². The van der Waals surface area contributed by atoms with Gasteiger partial charge < -0.3 is 10.6 Å². The monoisotopic (exact) mass is 296 g/mol. The topological polar surface area (TPSA) is 29.3 Å². The first kappa shape index (κ1) is 11.5. The molecule has 0 spiro atoms. The van der Waals surface area contributed by atoms with E-state index in [9.17, 15) is 0 Å². The molecule has 0 amide bonds. The van der Waals surface area contributed by atoms with Gasteiger partial charge in [-0.1, -0.05) is 6.07 Å². The van der Waals surface area contributed by atoms with Gasteiger partial charge in [0, 0.05) is 7.05 Å². The van der Waals surface area contributed by atoms with Crippen LogP contribution < -0.4 is 10.6 Å². The first-order valence-corrected chi connectivity index (χ1v) is 6.54. The van der Waals surface area contributed by atoms with Crippen LogP contribution in [-0.2, 0) is 0 Å². The average molecular weight is 297 g/mol. The Labute approximate surface area is 108 Å². The normalized spacial score (nSPS) is 10.4. The first-order valence-electron chi connectivity index (χ1n) is 4.93. The minimum atomic E-state index is 0.803. The molecule has 0 aliphatic rings. The van der Waals surface area contributed by atoms with Gasteiger partial charge in [-0.05, 0) is 52.7 Å². The summed E-state index contributed by atoms with van der Waals surface area (Å²) in [5.74, 6) is 0. The van der Waals surface area contributed by atoms with Crippen molar-refractivity contribution in [2.75, 3.05) is 17.7 Å². The Hall–Kier alpha value is -1.000. The number of halogens is 1. The zero-order valence-electron chi connectivity index (χ0n) is 9.20. The molecule has 0 aliphatic carbocycles. The van der Waals surface area contributed by atoms with Crippen molar-refractivity contribution in [1.29, 1.82) is 0 Å². The van der Waals surface area contributed by atoms with E-state index in [4.69, 9.17) is 5.73 Å². The van der Waals surface area contributed by atoms with Crippen molar-refractivity contribution in [3.8, 4) is 0 Å².